The first-order chi connectivity index (χ1) is 17.0. The maximum atomic E-state index is 14.4. The molecule has 1 fully saturated rings. The minimum Gasteiger partial charge on any atom is -0.340 e. The Bertz CT molecular complexity index is 1440. The van der Waals surface area contributed by atoms with Crippen molar-refractivity contribution in [2.75, 3.05) is 6.54 Å². The quantitative estimate of drug-likeness (QED) is 0.271. The summed E-state index contributed by atoms with van der Waals surface area (Å²) < 4.78 is 16.4. The summed E-state index contributed by atoms with van der Waals surface area (Å²) in [5.41, 5.74) is 4.55. The zero-order valence-corrected chi connectivity index (χ0v) is 20.2. The average Bonchev–Trinajstić information content (AvgIpc) is 3.29. The van der Waals surface area contributed by atoms with Crippen molar-refractivity contribution in [1.29, 1.82) is 0 Å². The van der Waals surface area contributed by atoms with E-state index < -0.39 is 0 Å². The van der Waals surface area contributed by atoms with Crippen molar-refractivity contribution in [2.45, 2.75) is 26.3 Å². The Labute approximate surface area is 208 Å². The third kappa shape index (κ3) is 4.66. The maximum absolute atomic E-state index is 14.4. The Morgan fingerprint density at radius 1 is 0.914 bits per heavy atom. The van der Waals surface area contributed by atoms with Crippen LogP contribution in [0.2, 0.25) is 0 Å². The smallest absolute Gasteiger partial charge is 0.293 e. The first-order valence-corrected chi connectivity index (χ1v) is 12.4. The molecule has 3 aromatic carbocycles. The van der Waals surface area contributed by atoms with Crippen LogP contribution >= 0.6 is 11.8 Å². The molecule has 0 aliphatic carbocycles. The number of imide groups is 1. The van der Waals surface area contributed by atoms with Crippen molar-refractivity contribution < 1.29 is 14.0 Å². The predicted octanol–water partition coefficient (Wildman–Crippen LogP) is 6.81. The Hall–Kier alpha value is -3.64. The summed E-state index contributed by atoms with van der Waals surface area (Å²) in [7, 11) is 0. The molecule has 0 bridgehead atoms. The van der Waals surface area contributed by atoms with Gasteiger partial charge in [-0.3, -0.25) is 14.5 Å². The zero-order valence-electron chi connectivity index (χ0n) is 19.4. The molecule has 35 heavy (non-hydrogen) atoms. The van der Waals surface area contributed by atoms with E-state index in [-0.39, 0.29) is 17.0 Å². The normalized spacial score (nSPS) is 15.0. The molecule has 1 aliphatic rings. The van der Waals surface area contributed by atoms with E-state index in [4.69, 9.17) is 0 Å². The highest BCUT2D eigenvalue weighted by Crippen LogP contribution is 2.36. The van der Waals surface area contributed by atoms with Crippen LogP contribution in [0.1, 0.15) is 28.8 Å². The highest BCUT2D eigenvalue weighted by Gasteiger charge is 2.35. The molecule has 0 spiro atoms. The van der Waals surface area contributed by atoms with Gasteiger partial charge in [-0.15, -0.1) is 0 Å². The maximum Gasteiger partial charge on any atom is 0.293 e. The number of aryl methyl sites for hydroxylation is 1. The van der Waals surface area contributed by atoms with Gasteiger partial charge in [-0.2, -0.15) is 0 Å². The summed E-state index contributed by atoms with van der Waals surface area (Å²) in [5, 5.41) is 0.735. The van der Waals surface area contributed by atoms with E-state index in [0.29, 0.717) is 23.6 Å². The van der Waals surface area contributed by atoms with E-state index in [1.807, 2.05) is 73.7 Å². The van der Waals surface area contributed by atoms with Gasteiger partial charge < -0.3 is 4.57 Å². The van der Waals surface area contributed by atoms with Crippen LogP contribution in [0.25, 0.3) is 17.0 Å². The Balaban J connectivity index is 1.41. The van der Waals surface area contributed by atoms with Crippen molar-refractivity contribution >= 4 is 39.9 Å². The molecular weight excluding hydrogens is 459 g/mol. The molecule has 4 aromatic rings. The second kappa shape index (κ2) is 9.92. The number of nitrogens with zero attached hydrogens (tertiary/aromatic N) is 2. The molecule has 1 saturated heterocycles. The molecule has 5 rings (SSSR count). The van der Waals surface area contributed by atoms with Gasteiger partial charge in [-0.05, 0) is 55.3 Å². The van der Waals surface area contributed by atoms with Crippen LogP contribution in [0.4, 0.5) is 9.18 Å². The van der Waals surface area contributed by atoms with Crippen LogP contribution < -0.4 is 0 Å². The molecule has 0 N–H and O–H groups in total. The molecule has 0 saturated carbocycles. The highest BCUT2D eigenvalue weighted by molar-refractivity contribution is 8.18. The zero-order chi connectivity index (χ0) is 24.4. The number of halogens is 1. The number of hydrogen-bond donors (Lipinski definition) is 0. The second-order valence-corrected chi connectivity index (χ2v) is 9.61. The van der Waals surface area contributed by atoms with Crippen molar-refractivity contribution in [3.8, 4) is 0 Å². The first-order valence-electron chi connectivity index (χ1n) is 11.6. The van der Waals surface area contributed by atoms with Crippen LogP contribution in [0.3, 0.4) is 0 Å². The van der Waals surface area contributed by atoms with E-state index >= 15 is 0 Å². The number of aromatic nitrogens is 1. The minimum atomic E-state index is -0.251. The molecule has 1 aliphatic heterocycles. The topological polar surface area (TPSA) is 42.3 Å². The van der Waals surface area contributed by atoms with Crippen LogP contribution in [0.5, 0.6) is 0 Å². The summed E-state index contributed by atoms with van der Waals surface area (Å²) in [6, 6.07) is 24.7. The summed E-state index contributed by atoms with van der Waals surface area (Å²) in [6.45, 7) is 2.75. The van der Waals surface area contributed by atoms with Crippen LogP contribution in [-0.2, 0) is 17.8 Å². The molecule has 2 heterocycles. The van der Waals surface area contributed by atoms with E-state index in [1.54, 1.807) is 12.1 Å². The van der Waals surface area contributed by atoms with E-state index in [0.717, 1.165) is 46.8 Å². The number of carbonyl (C=O) groups excluding carboxylic acids is 2. The van der Waals surface area contributed by atoms with Crippen molar-refractivity contribution in [3.63, 3.8) is 0 Å². The van der Waals surface area contributed by atoms with Crippen molar-refractivity contribution in [2.24, 2.45) is 0 Å². The fraction of sp³-hybridized carbons (Fsp3) is 0.172. The third-order valence-electron chi connectivity index (χ3n) is 6.40. The molecule has 176 valence electrons. The Morgan fingerprint density at radius 3 is 2.43 bits per heavy atom. The number of hydrogen-bond acceptors (Lipinski definition) is 3. The SMILES string of the molecule is Cc1c(/C=C2/SC(=O)N(CCCc3ccccc3)C2=O)c2ccccc2n1Cc1ccccc1F. The molecule has 0 atom stereocenters. The van der Waals surface area contributed by atoms with Gasteiger partial charge in [0.2, 0.25) is 0 Å². The number of benzene rings is 3. The first kappa shape index (κ1) is 23.1. The second-order valence-electron chi connectivity index (χ2n) is 8.62. The molecule has 0 unspecified atom stereocenters. The summed E-state index contributed by atoms with van der Waals surface area (Å²) in [5.74, 6) is -0.499. The van der Waals surface area contributed by atoms with Crippen LogP contribution in [0, 0.1) is 12.7 Å². The average molecular weight is 485 g/mol. The number of carbonyl (C=O) groups is 2. The minimum absolute atomic E-state index is 0.234. The lowest BCUT2D eigenvalue weighted by Gasteiger charge is -2.12. The van der Waals surface area contributed by atoms with E-state index in [9.17, 15) is 14.0 Å². The molecule has 6 heteroatoms. The predicted molar refractivity (Wildman–Crippen MR) is 140 cm³/mol. The number of amides is 2. The lowest BCUT2D eigenvalue weighted by atomic mass is 10.1. The van der Waals surface area contributed by atoms with Crippen molar-refractivity contribution in [3.05, 3.63) is 112 Å². The van der Waals surface area contributed by atoms with Gasteiger partial charge in [-0.25, -0.2) is 4.39 Å². The van der Waals surface area contributed by atoms with E-state index in [2.05, 4.69) is 4.57 Å². The standard InChI is InChI=1S/C29H25FN2O2S/c1-20-24(23-14-6-8-16-26(23)32(20)19-22-13-5-7-15-25(22)30)18-27-28(33)31(29(34)35-27)17-9-12-21-10-3-2-4-11-21/h2-8,10-11,13-16,18H,9,12,17,19H2,1H3/b27-18+. The number of thioether (sulfide) groups is 1. The van der Waals surface area contributed by atoms with Gasteiger partial charge in [0.05, 0.1) is 11.4 Å². The van der Waals surface area contributed by atoms with Crippen LogP contribution in [0.15, 0.2) is 83.8 Å². The number of para-hydroxylation sites is 1. The monoisotopic (exact) mass is 484 g/mol. The summed E-state index contributed by atoms with van der Waals surface area (Å²) >= 11 is 0.985. The fourth-order valence-corrected chi connectivity index (χ4v) is 5.40. The summed E-state index contributed by atoms with van der Waals surface area (Å²) in [6.07, 6.45) is 3.35. The van der Waals surface area contributed by atoms with Gasteiger partial charge in [0.1, 0.15) is 5.82 Å². The molecular formula is C29H25FN2O2S. The third-order valence-corrected chi connectivity index (χ3v) is 7.31. The van der Waals surface area contributed by atoms with E-state index in [1.165, 1.54) is 16.5 Å². The number of rotatable bonds is 7. The van der Waals surface area contributed by atoms with Gasteiger partial charge in [-0.1, -0.05) is 66.7 Å². The van der Waals surface area contributed by atoms with Gasteiger partial charge in [0.25, 0.3) is 11.1 Å². The molecule has 0 radical (unpaired) electrons. The van der Waals surface area contributed by atoms with Gasteiger partial charge in [0, 0.05) is 34.3 Å². The van der Waals surface area contributed by atoms with Gasteiger partial charge >= 0.3 is 0 Å². The fourth-order valence-electron chi connectivity index (χ4n) is 4.55. The van der Waals surface area contributed by atoms with Crippen LogP contribution in [-0.4, -0.2) is 27.2 Å². The largest absolute Gasteiger partial charge is 0.340 e. The molecule has 2 amide bonds. The molecule has 4 nitrogen and oxygen atoms in total. The lowest BCUT2D eigenvalue weighted by Crippen LogP contribution is -2.29. The van der Waals surface area contributed by atoms with Crippen molar-refractivity contribution in [1.82, 2.24) is 9.47 Å². The number of fused-ring (bicyclic) bond motifs is 1. The Kier molecular flexibility index (Phi) is 6.55. The highest BCUT2D eigenvalue weighted by atomic mass is 32.2. The lowest BCUT2D eigenvalue weighted by molar-refractivity contribution is -0.122. The van der Waals surface area contributed by atoms with Gasteiger partial charge in [0.15, 0.2) is 0 Å². The Morgan fingerprint density at radius 2 is 1.63 bits per heavy atom. The molecule has 1 aromatic heterocycles. The summed E-state index contributed by atoms with van der Waals surface area (Å²) in [4.78, 5) is 27.5.